The van der Waals surface area contributed by atoms with Crippen molar-refractivity contribution in [3.05, 3.63) is 101 Å². The summed E-state index contributed by atoms with van der Waals surface area (Å²) in [6.45, 7) is 1.99. The summed E-state index contributed by atoms with van der Waals surface area (Å²) in [5.74, 6) is 4.68. The molecule has 0 saturated carbocycles. The average molecular weight is 612 g/mol. The van der Waals surface area contributed by atoms with E-state index in [2.05, 4.69) is 15.6 Å². The van der Waals surface area contributed by atoms with Crippen molar-refractivity contribution in [3.63, 3.8) is 0 Å². The van der Waals surface area contributed by atoms with Gasteiger partial charge in [-0.1, -0.05) is 60.6 Å². The SMILES string of the molecule is CNc1cccc([N-]C=C/C=C/c2cc(C)c(OC)c(OC)c2)n1.COc1cc(/C=C/C=C/C=O)cc(OC)c1OC.[K+]. The normalized spacial score (nSPS) is 10.7. The zero-order valence-corrected chi connectivity index (χ0v) is 29.2. The summed E-state index contributed by atoms with van der Waals surface area (Å²) in [4.78, 5) is 14.4. The zero-order valence-electron chi connectivity index (χ0n) is 26.1. The van der Waals surface area contributed by atoms with Crippen molar-refractivity contribution in [2.75, 3.05) is 47.9 Å². The summed E-state index contributed by atoms with van der Waals surface area (Å²) < 4.78 is 26.4. The number of allylic oxidation sites excluding steroid dienone is 5. The summed E-state index contributed by atoms with van der Waals surface area (Å²) in [7, 11) is 9.80. The number of hydrogen-bond donors (Lipinski definition) is 1. The number of anilines is 1. The molecule has 2 aromatic carbocycles. The smallest absolute Gasteiger partial charge is 0.493 e. The van der Waals surface area contributed by atoms with Gasteiger partial charge in [0, 0.05) is 12.9 Å². The van der Waals surface area contributed by atoms with Gasteiger partial charge in [0.05, 0.1) is 35.5 Å². The number of aromatic nitrogens is 1. The number of pyridine rings is 1. The molecule has 9 nitrogen and oxygen atoms in total. The van der Waals surface area contributed by atoms with E-state index in [9.17, 15) is 4.79 Å². The Hall–Kier alpha value is -3.54. The van der Waals surface area contributed by atoms with Crippen LogP contribution in [0.2, 0.25) is 0 Å². The van der Waals surface area contributed by atoms with Crippen molar-refractivity contribution in [1.29, 1.82) is 0 Å². The molecule has 3 aromatic rings. The van der Waals surface area contributed by atoms with Crippen LogP contribution in [0.4, 0.5) is 11.6 Å². The number of rotatable bonds is 13. The second-order valence-corrected chi connectivity index (χ2v) is 8.37. The van der Waals surface area contributed by atoms with Gasteiger partial charge in [0.1, 0.15) is 6.29 Å². The molecule has 3 rings (SSSR count). The molecule has 1 aromatic heterocycles. The van der Waals surface area contributed by atoms with E-state index in [0.717, 1.165) is 40.3 Å². The molecular weight excluding hydrogens is 573 g/mol. The predicted molar refractivity (Wildman–Crippen MR) is 170 cm³/mol. The standard InChI is InChI=1S/C19H22N3O2.C14H16O4.K/c1-14-12-15(13-16(23-3)19(14)24-4)8-5-6-11-21-18-10-7-9-17(20-2)22-18;1-16-12-9-11(7-5-4-6-8-15)10-13(17-2)14(12)18-3;/h5-13H,1-4H3,(H-,20,21,22);4-10H,1-3H3;/q-1;;+1/b8-5+,11-6?;6-4+,7-5+;. The van der Waals surface area contributed by atoms with Gasteiger partial charge in [-0.05, 0) is 60.0 Å². The predicted octanol–water partition coefficient (Wildman–Crippen LogP) is 4.17. The number of methoxy groups -OCH3 is 5. The third kappa shape index (κ3) is 12.3. The number of nitrogens with one attached hydrogen (secondary N) is 1. The van der Waals surface area contributed by atoms with Gasteiger partial charge >= 0.3 is 51.4 Å². The number of hydrogen-bond acceptors (Lipinski definition) is 8. The fraction of sp³-hybridized carbons (Fsp3) is 0.212. The molecule has 43 heavy (non-hydrogen) atoms. The molecule has 1 heterocycles. The molecule has 0 fully saturated rings. The monoisotopic (exact) mass is 611 g/mol. The summed E-state index contributed by atoms with van der Waals surface area (Å²) in [6.07, 6.45) is 14.9. The minimum atomic E-state index is 0. The average Bonchev–Trinajstić information content (AvgIpc) is 3.02. The number of aryl methyl sites for hydroxylation is 1. The Labute approximate surface area is 297 Å². The van der Waals surface area contributed by atoms with Gasteiger partial charge < -0.3 is 39.3 Å². The van der Waals surface area contributed by atoms with E-state index in [1.54, 1.807) is 53.9 Å². The van der Waals surface area contributed by atoms with E-state index in [4.69, 9.17) is 23.7 Å². The summed E-state index contributed by atoms with van der Waals surface area (Å²) in [5, 5.41) is 7.28. The molecule has 0 aliphatic carbocycles. The van der Waals surface area contributed by atoms with E-state index >= 15 is 0 Å². The fourth-order valence-corrected chi connectivity index (χ4v) is 3.72. The molecule has 0 unspecified atom stereocenters. The van der Waals surface area contributed by atoms with Crippen LogP contribution in [0.15, 0.2) is 79.0 Å². The Balaban J connectivity index is 0.000000438. The van der Waals surface area contributed by atoms with E-state index in [0.29, 0.717) is 23.1 Å². The molecule has 0 atom stereocenters. The molecule has 0 bridgehead atoms. The number of ether oxygens (including phenoxy) is 5. The van der Waals surface area contributed by atoms with Gasteiger partial charge in [0.2, 0.25) is 5.75 Å². The zero-order chi connectivity index (χ0) is 30.7. The van der Waals surface area contributed by atoms with Crippen LogP contribution in [0.1, 0.15) is 16.7 Å². The quantitative estimate of drug-likeness (QED) is 0.133. The molecule has 10 heteroatoms. The first kappa shape index (κ1) is 37.5. The maximum atomic E-state index is 10.1. The van der Waals surface area contributed by atoms with Crippen molar-refractivity contribution >= 4 is 30.1 Å². The van der Waals surface area contributed by atoms with Gasteiger partial charge in [-0.3, -0.25) is 4.79 Å². The van der Waals surface area contributed by atoms with E-state index in [-0.39, 0.29) is 51.4 Å². The minimum absolute atomic E-state index is 0. The Morgan fingerprint density at radius 2 is 1.28 bits per heavy atom. The summed E-state index contributed by atoms with van der Waals surface area (Å²) in [5.41, 5.74) is 2.95. The van der Waals surface area contributed by atoms with Crippen LogP contribution in [-0.4, -0.2) is 53.9 Å². The van der Waals surface area contributed by atoms with Crippen molar-refractivity contribution < 1.29 is 79.9 Å². The minimum Gasteiger partial charge on any atom is -0.493 e. The maximum absolute atomic E-state index is 10.1. The molecule has 0 spiro atoms. The third-order valence-corrected chi connectivity index (χ3v) is 5.65. The Morgan fingerprint density at radius 3 is 1.81 bits per heavy atom. The molecule has 0 saturated heterocycles. The van der Waals surface area contributed by atoms with Crippen molar-refractivity contribution in [2.24, 2.45) is 0 Å². The molecule has 0 radical (unpaired) electrons. The van der Waals surface area contributed by atoms with Gasteiger partial charge in [0.15, 0.2) is 23.0 Å². The van der Waals surface area contributed by atoms with Gasteiger partial charge in [0.25, 0.3) is 0 Å². The Bertz CT molecular complexity index is 1390. The summed E-state index contributed by atoms with van der Waals surface area (Å²) in [6, 6.07) is 13.3. The molecule has 222 valence electrons. The van der Waals surface area contributed by atoms with E-state index < -0.39 is 0 Å². The number of benzene rings is 2. The first-order chi connectivity index (χ1) is 20.4. The van der Waals surface area contributed by atoms with Crippen LogP contribution in [0, 0.1) is 6.92 Å². The van der Waals surface area contributed by atoms with Crippen molar-refractivity contribution in [3.8, 4) is 28.7 Å². The molecule has 0 amide bonds. The van der Waals surface area contributed by atoms with Crippen molar-refractivity contribution in [2.45, 2.75) is 6.92 Å². The second kappa shape index (κ2) is 21.2. The van der Waals surface area contributed by atoms with Crippen LogP contribution in [-0.2, 0) is 4.79 Å². The molecular formula is C33H38KN3O6. The molecule has 0 aliphatic rings. The van der Waals surface area contributed by atoms with Gasteiger partial charge in [-0.2, -0.15) is 0 Å². The first-order valence-corrected chi connectivity index (χ1v) is 12.9. The number of nitrogens with zero attached hydrogens (tertiary/aromatic N) is 2. The van der Waals surface area contributed by atoms with Crippen LogP contribution in [0.3, 0.4) is 0 Å². The Kier molecular flexibility index (Phi) is 18.5. The number of carbonyl (C=O) groups is 1. The number of carbonyl (C=O) groups excluding carboxylic acids is 1. The topological polar surface area (TPSA) is 102 Å². The van der Waals surface area contributed by atoms with Gasteiger partial charge in [-0.25, -0.2) is 0 Å². The molecule has 0 aliphatic heterocycles. The first-order valence-electron chi connectivity index (χ1n) is 12.9. The van der Waals surface area contributed by atoms with Crippen LogP contribution in [0.5, 0.6) is 28.7 Å². The third-order valence-electron chi connectivity index (χ3n) is 5.65. The van der Waals surface area contributed by atoms with E-state index in [1.807, 2.05) is 80.7 Å². The van der Waals surface area contributed by atoms with Crippen LogP contribution in [0.25, 0.3) is 17.5 Å². The summed E-state index contributed by atoms with van der Waals surface area (Å²) >= 11 is 0. The van der Waals surface area contributed by atoms with Crippen molar-refractivity contribution in [1.82, 2.24) is 4.98 Å². The van der Waals surface area contributed by atoms with Crippen LogP contribution >= 0.6 is 0 Å². The van der Waals surface area contributed by atoms with Gasteiger partial charge in [-0.15, -0.1) is 0 Å². The number of aldehydes is 1. The molecule has 1 N–H and O–H groups in total. The van der Waals surface area contributed by atoms with E-state index in [1.165, 1.54) is 6.08 Å². The maximum Gasteiger partial charge on any atom is 1.00 e. The Morgan fingerprint density at radius 1 is 0.721 bits per heavy atom. The van der Waals surface area contributed by atoms with Crippen LogP contribution < -0.4 is 80.4 Å². The fourth-order valence-electron chi connectivity index (χ4n) is 3.72. The second-order valence-electron chi connectivity index (χ2n) is 8.37. The largest absolute Gasteiger partial charge is 1.00 e.